The van der Waals surface area contributed by atoms with Gasteiger partial charge in [0.15, 0.2) is 0 Å². The number of halogens is 2. The second-order valence-corrected chi connectivity index (χ2v) is 6.43. The smallest absolute Gasteiger partial charge is 0.0455 e. The lowest BCUT2D eigenvalue weighted by molar-refractivity contribution is 0.0838. The van der Waals surface area contributed by atoms with Gasteiger partial charge < -0.3 is 5.32 Å². The zero-order valence-electron chi connectivity index (χ0n) is 11.0. The molecule has 1 aromatic rings. The summed E-state index contributed by atoms with van der Waals surface area (Å²) in [5, 5.41) is 5.07. The van der Waals surface area contributed by atoms with Gasteiger partial charge in [-0.2, -0.15) is 0 Å². The van der Waals surface area contributed by atoms with Crippen LogP contribution in [0.1, 0.15) is 30.9 Å². The van der Waals surface area contributed by atoms with E-state index in [0.29, 0.717) is 6.04 Å². The molecule has 0 aromatic heterocycles. The van der Waals surface area contributed by atoms with Gasteiger partial charge in [0.2, 0.25) is 0 Å². The highest BCUT2D eigenvalue weighted by Gasteiger charge is 2.34. The van der Waals surface area contributed by atoms with Gasteiger partial charge in [-0.3, -0.25) is 4.90 Å². The summed E-state index contributed by atoms with van der Waals surface area (Å²) in [5.74, 6) is 0.745. The van der Waals surface area contributed by atoms with Crippen molar-refractivity contribution in [2.24, 2.45) is 5.92 Å². The number of rotatable bonds is 3. The predicted octanol–water partition coefficient (Wildman–Crippen LogP) is 3.74. The Morgan fingerprint density at radius 3 is 2.53 bits per heavy atom. The van der Waals surface area contributed by atoms with Gasteiger partial charge in [0.1, 0.15) is 0 Å². The molecule has 1 atom stereocenters. The van der Waals surface area contributed by atoms with Crippen LogP contribution in [0.25, 0.3) is 0 Å². The van der Waals surface area contributed by atoms with Crippen molar-refractivity contribution >= 4 is 23.2 Å². The molecule has 1 aliphatic carbocycles. The molecule has 0 bridgehead atoms. The minimum atomic E-state index is 0.446. The quantitative estimate of drug-likeness (QED) is 0.914. The molecule has 2 nitrogen and oxygen atoms in total. The molecule has 3 rings (SSSR count). The molecule has 0 spiro atoms. The first-order chi connectivity index (χ1) is 9.25. The Hall–Kier alpha value is -0.280. The molecule has 104 valence electrons. The van der Waals surface area contributed by atoms with Gasteiger partial charge in [0.05, 0.1) is 0 Å². The van der Waals surface area contributed by atoms with Crippen LogP contribution in [0.3, 0.4) is 0 Å². The van der Waals surface area contributed by atoms with E-state index in [0.717, 1.165) is 42.1 Å². The fourth-order valence-electron chi connectivity index (χ4n) is 3.21. The molecule has 1 N–H and O–H groups in total. The van der Waals surface area contributed by atoms with Gasteiger partial charge in [0, 0.05) is 42.3 Å². The Bertz CT molecular complexity index is 440. The Labute approximate surface area is 125 Å². The van der Waals surface area contributed by atoms with Crippen LogP contribution < -0.4 is 5.32 Å². The van der Waals surface area contributed by atoms with E-state index in [-0.39, 0.29) is 0 Å². The lowest BCUT2D eigenvalue weighted by atomic mass is 9.76. The Morgan fingerprint density at radius 1 is 1.16 bits per heavy atom. The summed E-state index contributed by atoms with van der Waals surface area (Å²) in [6.45, 7) is 4.34. The summed E-state index contributed by atoms with van der Waals surface area (Å²) in [7, 11) is 0. The average molecular weight is 299 g/mol. The highest BCUT2D eigenvalue weighted by atomic mass is 35.5. The van der Waals surface area contributed by atoms with Crippen molar-refractivity contribution in [3.63, 3.8) is 0 Å². The summed E-state index contributed by atoms with van der Waals surface area (Å²) in [6.07, 6.45) is 3.99. The van der Waals surface area contributed by atoms with Crippen molar-refractivity contribution in [3.8, 4) is 0 Å². The zero-order valence-corrected chi connectivity index (χ0v) is 12.6. The van der Waals surface area contributed by atoms with Crippen molar-refractivity contribution in [3.05, 3.63) is 33.8 Å². The highest BCUT2D eigenvalue weighted by molar-refractivity contribution is 6.33. The fourth-order valence-corrected chi connectivity index (χ4v) is 3.62. The second kappa shape index (κ2) is 6.01. The van der Waals surface area contributed by atoms with Crippen LogP contribution in [0.15, 0.2) is 18.2 Å². The van der Waals surface area contributed by atoms with Gasteiger partial charge >= 0.3 is 0 Å². The van der Waals surface area contributed by atoms with Crippen LogP contribution in [0.5, 0.6) is 0 Å². The van der Waals surface area contributed by atoms with Crippen molar-refractivity contribution < 1.29 is 0 Å². The summed E-state index contributed by atoms with van der Waals surface area (Å²) in [6, 6.07) is 6.33. The fraction of sp³-hybridized carbons (Fsp3) is 0.600. The highest BCUT2D eigenvalue weighted by Crippen LogP contribution is 2.44. The summed E-state index contributed by atoms with van der Waals surface area (Å²) in [4.78, 5) is 2.58. The first kappa shape index (κ1) is 13.7. The molecule has 1 aromatic carbocycles. The van der Waals surface area contributed by atoms with Crippen LogP contribution in [0.2, 0.25) is 10.0 Å². The average Bonchev–Trinajstić information content (AvgIpc) is 2.38. The third-order valence-electron chi connectivity index (χ3n) is 4.42. The maximum atomic E-state index is 6.43. The van der Waals surface area contributed by atoms with E-state index < -0.39 is 0 Å². The van der Waals surface area contributed by atoms with Crippen molar-refractivity contribution in [2.45, 2.75) is 25.3 Å². The largest absolute Gasteiger partial charge is 0.314 e. The topological polar surface area (TPSA) is 15.3 Å². The monoisotopic (exact) mass is 298 g/mol. The third-order valence-corrected chi connectivity index (χ3v) is 5.00. The van der Waals surface area contributed by atoms with Crippen molar-refractivity contribution in [1.82, 2.24) is 10.2 Å². The van der Waals surface area contributed by atoms with Crippen LogP contribution in [0, 0.1) is 5.92 Å². The molecular weight excluding hydrogens is 279 g/mol. The molecule has 2 aliphatic rings. The maximum Gasteiger partial charge on any atom is 0.0455 e. The normalized spacial score (nSPS) is 23.1. The van der Waals surface area contributed by atoms with Gasteiger partial charge in [-0.05, 0) is 42.5 Å². The summed E-state index contributed by atoms with van der Waals surface area (Å²) in [5.41, 5.74) is 1.22. The molecule has 2 fully saturated rings. The van der Waals surface area contributed by atoms with Crippen LogP contribution in [-0.4, -0.2) is 31.1 Å². The first-order valence-electron chi connectivity index (χ1n) is 7.15. The molecule has 1 heterocycles. The number of benzene rings is 1. The SMILES string of the molecule is Clc1ccc(Cl)c([C@H](C2CCC2)N2CCNCC2)c1. The van der Waals surface area contributed by atoms with E-state index in [1.165, 1.54) is 24.8 Å². The molecule has 1 saturated carbocycles. The second-order valence-electron chi connectivity index (χ2n) is 5.59. The summed E-state index contributed by atoms with van der Waals surface area (Å²) < 4.78 is 0. The van der Waals surface area contributed by atoms with Gasteiger partial charge in [-0.1, -0.05) is 29.6 Å². The van der Waals surface area contributed by atoms with E-state index in [2.05, 4.69) is 16.3 Å². The number of hydrogen-bond acceptors (Lipinski definition) is 2. The standard InChI is InChI=1S/C15H20Cl2N2/c16-12-4-5-14(17)13(10-12)15(11-2-1-3-11)19-8-6-18-7-9-19/h4-5,10-11,15,18H,1-3,6-9H2/t15-/m0/s1. The number of nitrogens with one attached hydrogen (secondary N) is 1. The van der Waals surface area contributed by atoms with Crippen molar-refractivity contribution in [1.29, 1.82) is 0 Å². The predicted molar refractivity (Wildman–Crippen MR) is 81.0 cm³/mol. The molecule has 4 heteroatoms. The van der Waals surface area contributed by atoms with Crippen LogP contribution in [0.4, 0.5) is 0 Å². The lowest BCUT2D eigenvalue weighted by Gasteiger charge is -2.43. The Kier molecular flexibility index (Phi) is 4.33. The number of hydrogen-bond donors (Lipinski definition) is 1. The number of nitrogens with zero attached hydrogens (tertiary/aromatic N) is 1. The first-order valence-corrected chi connectivity index (χ1v) is 7.91. The van der Waals surface area contributed by atoms with Crippen LogP contribution in [-0.2, 0) is 0 Å². The molecule has 19 heavy (non-hydrogen) atoms. The minimum Gasteiger partial charge on any atom is -0.314 e. The third kappa shape index (κ3) is 2.92. The maximum absolute atomic E-state index is 6.43. The number of piperazine rings is 1. The lowest BCUT2D eigenvalue weighted by Crippen LogP contribution is -2.47. The summed E-state index contributed by atoms with van der Waals surface area (Å²) >= 11 is 12.6. The van der Waals surface area contributed by atoms with E-state index in [4.69, 9.17) is 23.2 Å². The molecular formula is C15H20Cl2N2. The van der Waals surface area contributed by atoms with Crippen molar-refractivity contribution in [2.75, 3.05) is 26.2 Å². The van der Waals surface area contributed by atoms with Gasteiger partial charge in [0.25, 0.3) is 0 Å². The molecule has 1 saturated heterocycles. The van der Waals surface area contributed by atoms with E-state index >= 15 is 0 Å². The van der Waals surface area contributed by atoms with E-state index in [9.17, 15) is 0 Å². The Balaban J connectivity index is 1.90. The molecule has 0 unspecified atom stereocenters. The molecule has 0 radical (unpaired) electrons. The minimum absolute atomic E-state index is 0.446. The van der Waals surface area contributed by atoms with Gasteiger partial charge in [-0.15, -0.1) is 0 Å². The van der Waals surface area contributed by atoms with Crippen LogP contribution >= 0.6 is 23.2 Å². The van der Waals surface area contributed by atoms with E-state index in [1.807, 2.05) is 12.1 Å². The molecule has 1 aliphatic heterocycles. The Morgan fingerprint density at radius 2 is 1.89 bits per heavy atom. The van der Waals surface area contributed by atoms with E-state index in [1.54, 1.807) is 0 Å². The van der Waals surface area contributed by atoms with Gasteiger partial charge in [-0.25, -0.2) is 0 Å². The molecule has 0 amide bonds. The zero-order chi connectivity index (χ0) is 13.2.